The summed E-state index contributed by atoms with van der Waals surface area (Å²) in [7, 11) is 0. The third-order valence-corrected chi connectivity index (χ3v) is 3.64. The molecule has 0 aliphatic rings. The third-order valence-electron chi connectivity index (χ3n) is 2.63. The van der Waals surface area contributed by atoms with Gasteiger partial charge in [0.2, 0.25) is 0 Å². The number of hydrogen-bond acceptors (Lipinski definition) is 4. The maximum absolute atomic E-state index is 9.61. The number of nitrogens with one attached hydrogen (secondary N) is 1. The summed E-state index contributed by atoms with van der Waals surface area (Å²) in [5.41, 5.74) is 0.929. The summed E-state index contributed by atoms with van der Waals surface area (Å²) in [6, 6.07) is 7.40. The van der Waals surface area contributed by atoms with E-state index in [1.807, 2.05) is 29.8 Å². The Hall–Kier alpha value is -1.39. The van der Waals surface area contributed by atoms with Gasteiger partial charge in [0, 0.05) is 36.1 Å². The van der Waals surface area contributed by atoms with Crippen LogP contribution in [-0.4, -0.2) is 16.6 Å². The Morgan fingerprint density at radius 2 is 2.24 bits per heavy atom. The molecule has 1 aromatic carbocycles. The first kappa shape index (κ1) is 12.1. The van der Waals surface area contributed by atoms with Gasteiger partial charge in [0.05, 0.1) is 5.01 Å². The Morgan fingerprint density at radius 3 is 2.94 bits per heavy atom. The Balaban J connectivity index is 1.82. The van der Waals surface area contributed by atoms with Crippen LogP contribution < -0.4 is 5.32 Å². The van der Waals surface area contributed by atoms with Crippen molar-refractivity contribution in [3.05, 3.63) is 46.4 Å². The van der Waals surface area contributed by atoms with Crippen molar-refractivity contribution >= 4 is 11.3 Å². The molecule has 1 atom stereocenters. The van der Waals surface area contributed by atoms with Crippen LogP contribution in [-0.2, 0) is 6.54 Å². The van der Waals surface area contributed by atoms with Crippen molar-refractivity contribution in [2.75, 3.05) is 6.54 Å². The van der Waals surface area contributed by atoms with E-state index in [9.17, 15) is 5.11 Å². The van der Waals surface area contributed by atoms with Crippen LogP contribution in [0.15, 0.2) is 35.8 Å². The molecule has 3 nitrogen and oxygen atoms in total. The van der Waals surface area contributed by atoms with Gasteiger partial charge in [-0.3, -0.25) is 0 Å². The lowest BCUT2D eigenvalue weighted by atomic mass is 10.1. The third kappa shape index (κ3) is 3.28. The first-order valence-corrected chi connectivity index (χ1v) is 6.52. The van der Waals surface area contributed by atoms with E-state index in [1.165, 1.54) is 0 Å². The molecular formula is C13H16N2OS. The van der Waals surface area contributed by atoms with Crippen LogP contribution in [0.5, 0.6) is 5.75 Å². The summed E-state index contributed by atoms with van der Waals surface area (Å²) in [4.78, 5) is 4.29. The van der Waals surface area contributed by atoms with E-state index in [-0.39, 0.29) is 0 Å². The van der Waals surface area contributed by atoms with Gasteiger partial charge in [-0.1, -0.05) is 25.1 Å². The van der Waals surface area contributed by atoms with Crippen LogP contribution >= 0.6 is 11.3 Å². The van der Waals surface area contributed by atoms with E-state index in [0.29, 0.717) is 18.2 Å². The monoisotopic (exact) mass is 248 g/mol. The number of thiazole rings is 1. The molecule has 0 fully saturated rings. The van der Waals surface area contributed by atoms with Crippen LogP contribution in [0, 0.1) is 0 Å². The van der Waals surface area contributed by atoms with E-state index in [0.717, 1.165) is 17.1 Å². The van der Waals surface area contributed by atoms with Crippen molar-refractivity contribution in [3.63, 3.8) is 0 Å². The van der Waals surface area contributed by atoms with Crippen molar-refractivity contribution in [1.82, 2.24) is 10.3 Å². The zero-order valence-corrected chi connectivity index (χ0v) is 10.6. The molecule has 90 valence electrons. The average Bonchev–Trinajstić information content (AvgIpc) is 2.85. The van der Waals surface area contributed by atoms with E-state index >= 15 is 0 Å². The molecule has 2 N–H and O–H groups in total. The normalized spacial score (nSPS) is 12.5. The Labute approximate surface area is 105 Å². The number of rotatable bonds is 5. The summed E-state index contributed by atoms with van der Waals surface area (Å²) in [6.45, 7) is 3.70. The molecule has 0 amide bonds. The number of para-hydroxylation sites is 1. The Kier molecular flexibility index (Phi) is 4.12. The molecule has 0 saturated carbocycles. The fourth-order valence-corrected chi connectivity index (χ4v) is 2.35. The lowest BCUT2D eigenvalue weighted by Crippen LogP contribution is -2.19. The second-order valence-electron chi connectivity index (χ2n) is 4.03. The van der Waals surface area contributed by atoms with Crippen molar-refractivity contribution in [3.8, 4) is 5.75 Å². The van der Waals surface area contributed by atoms with E-state index < -0.39 is 0 Å². The SMILES string of the molecule is CC(CNCc1ccccc1O)c1nccs1. The molecule has 2 rings (SSSR count). The maximum Gasteiger partial charge on any atom is 0.120 e. The molecule has 4 heteroatoms. The van der Waals surface area contributed by atoms with E-state index in [1.54, 1.807) is 17.4 Å². The number of phenolic OH excluding ortho intramolecular Hbond substituents is 1. The van der Waals surface area contributed by atoms with Crippen LogP contribution in [0.1, 0.15) is 23.4 Å². The number of aromatic nitrogens is 1. The molecule has 0 radical (unpaired) electrons. The minimum absolute atomic E-state index is 0.349. The van der Waals surface area contributed by atoms with Gasteiger partial charge < -0.3 is 10.4 Å². The van der Waals surface area contributed by atoms with Gasteiger partial charge in [-0.2, -0.15) is 0 Å². The van der Waals surface area contributed by atoms with Crippen LogP contribution in [0.4, 0.5) is 0 Å². The number of aromatic hydroxyl groups is 1. The zero-order chi connectivity index (χ0) is 12.1. The minimum Gasteiger partial charge on any atom is -0.508 e. The van der Waals surface area contributed by atoms with Crippen molar-refractivity contribution in [1.29, 1.82) is 0 Å². The van der Waals surface area contributed by atoms with Crippen LogP contribution in [0.3, 0.4) is 0 Å². The quantitative estimate of drug-likeness (QED) is 0.855. The summed E-state index contributed by atoms with van der Waals surface area (Å²) in [5, 5.41) is 16.1. The molecule has 1 aromatic heterocycles. The average molecular weight is 248 g/mol. The number of benzene rings is 1. The summed E-state index contributed by atoms with van der Waals surface area (Å²) in [6.07, 6.45) is 1.83. The number of hydrogen-bond donors (Lipinski definition) is 2. The lowest BCUT2D eigenvalue weighted by Gasteiger charge is -2.10. The second kappa shape index (κ2) is 5.80. The van der Waals surface area contributed by atoms with Gasteiger partial charge >= 0.3 is 0 Å². The van der Waals surface area contributed by atoms with Crippen LogP contribution in [0.2, 0.25) is 0 Å². The highest BCUT2D eigenvalue weighted by Crippen LogP contribution is 2.18. The summed E-state index contributed by atoms with van der Waals surface area (Å²) in [5.74, 6) is 0.753. The first-order chi connectivity index (χ1) is 8.27. The fourth-order valence-electron chi connectivity index (χ4n) is 1.65. The largest absolute Gasteiger partial charge is 0.508 e. The summed E-state index contributed by atoms with van der Waals surface area (Å²) < 4.78 is 0. The van der Waals surface area contributed by atoms with Crippen molar-refractivity contribution in [2.45, 2.75) is 19.4 Å². The molecule has 0 saturated heterocycles. The molecule has 0 spiro atoms. The fraction of sp³-hybridized carbons (Fsp3) is 0.308. The zero-order valence-electron chi connectivity index (χ0n) is 9.76. The highest BCUT2D eigenvalue weighted by Gasteiger charge is 2.07. The Morgan fingerprint density at radius 1 is 1.41 bits per heavy atom. The van der Waals surface area contributed by atoms with Gasteiger partial charge in [-0.15, -0.1) is 11.3 Å². The predicted molar refractivity (Wildman–Crippen MR) is 70.3 cm³/mol. The van der Waals surface area contributed by atoms with Crippen LogP contribution in [0.25, 0.3) is 0 Å². The molecular weight excluding hydrogens is 232 g/mol. The standard InChI is InChI=1S/C13H16N2OS/c1-10(13-15-6-7-17-13)8-14-9-11-4-2-3-5-12(11)16/h2-7,10,14,16H,8-9H2,1H3. The topological polar surface area (TPSA) is 45.1 Å². The van der Waals surface area contributed by atoms with Gasteiger partial charge in [-0.25, -0.2) is 4.98 Å². The molecule has 17 heavy (non-hydrogen) atoms. The summed E-state index contributed by atoms with van der Waals surface area (Å²) >= 11 is 1.68. The van der Waals surface area contributed by atoms with Gasteiger partial charge in [0.1, 0.15) is 5.75 Å². The van der Waals surface area contributed by atoms with Gasteiger partial charge in [-0.05, 0) is 6.07 Å². The molecule has 2 aromatic rings. The highest BCUT2D eigenvalue weighted by molar-refractivity contribution is 7.09. The number of nitrogens with zero attached hydrogens (tertiary/aromatic N) is 1. The minimum atomic E-state index is 0.349. The van der Waals surface area contributed by atoms with E-state index in [4.69, 9.17) is 0 Å². The van der Waals surface area contributed by atoms with E-state index in [2.05, 4.69) is 17.2 Å². The molecule has 1 heterocycles. The molecule has 0 aliphatic heterocycles. The maximum atomic E-state index is 9.61. The van der Waals surface area contributed by atoms with Crippen molar-refractivity contribution < 1.29 is 5.11 Å². The van der Waals surface area contributed by atoms with Crippen molar-refractivity contribution in [2.24, 2.45) is 0 Å². The van der Waals surface area contributed by atoms with Gasteiger partial charge in [0.25, 0.3) is 0 Å². The Bertz CT molecular complexity index is 456. The molecule has 1 unspecified atom stereocenters. The highest BCUT2D eigenvalue weighted by atomic mass is 32.1. The molecule has 0 aliphatic carbocycles. The number of phenols is 1. The lowest BCUT2D eigenvalue weighted by molar-refractivity contribution is 0.463. The smallest absolute Gasteiger partial charge is 0.120 e. The predicted octanol–water partition coefficient (Wildman–Crippen LogP) is 2.74. The van der Waals surface area contributed by atoms with Gasteiger partial charge in [0.15, 0.2) is 0 Å². The second-order valence-corrected chi connectivity index (χ2v) is 4.96. The first-order valence-electron chi connectivity index (χ1n) is 5.64. The molecule has 0 bridgehead atoms.